The van der Waals surface area contributed by atoms with Crippen LogP contribution in [0.2, 0.25) is 0 Å². The standard InChI is InChI=1S/C22H20N2O6S/c1-2-29-22(26)20-18(15-7-6-8-16(13-15)24(27)28)14-31-21(20)23-19(25)11-12-30-17-9-4-3-5-10-17/h3-10,13-14H,2,11-12H2,1H3,(H,23,25). The predicted molar refractivity (Wildman–Crippen MR) is 118 cm³/mol. The molecule has 9 heteroatoms. The van der Waals surface area contributed by atoms with E-state index < -0.39 is 10.9 Å². The SMILES string of the molecule is CCOC(=O)c1c(-c2cccc([N+](=O)[O-])c2)csc1NC(=O)CCOc1ccccc1. The van der Waals surface area contributed by atoms with Crippen LogP contribution in [-0.4, -0.2) is 30.0 Å². The van der Waals surface area contributed by atoms with Crippen molar-refractivity contribution >= 4 is 33.9 Å². The number of ether oxygens (including phenoxy) is 2. The van der Waals surface area contributed by atoms with E-state index in [4.69, 9.17) is 9.47 Å². The number of benzene rings is 2. The Balaban J connectivity index is 1.78. The molecule has 0 aliphatic heterocycles. The average molecular weight is 440 g/mol. The lowest BCUT2D eigenvalue weighted by Gasteiger charge is -2.09. The van der Waals surface area contributed by atoms with Gasteiger partial charge in [0.15, 0.2) is 0 Å². The summed E-state index contributed by atoms with van der Waals surface area (Å²) in [6.45, 7) is 2.01. The molecule has 31 heavy (non-hydrogen) atoms. The fraction of sp³-hybridized carbons (Fsp3) is 0.182. The van der Waals surface area contributed by atoms with E-state index in [1.807, 2.05) is 18.2 Å². The van der Waals surface area contributed by atoms with Crippen molar-refractivity contribution in [3.05, 3.63) is 75.7 Å². The number of rotatable bonds is 9. The van der Waals surface area contributed by atoms with Gasteiger partial charge in [-0.1, -0.05) is 30.3 Å². The molecule has 3 rings (SSSR count). The van der Waals surface area contributed by atoms with Crippen molar-refractivity contribution in [2.45, 2.75) is 13.3 Å². The number of hydrogen-bond donors (Lipinski definition) is 1. The predicted octanol–water partition coefficient (Wildman–Crippen LogP) is 4.91. The number of anilines is 1. The van der Waals surface area contributed by atoms with Crippen molar-refractivity contribution in [1.82, 2.24) is 0 Å². The van der Waals surface area contributed by atoms with Crippen molar-refractivity contribution in [2.75, 3.05) is 18.5 Å². The van der Waals surface area contributed by atoms with Crippen LogP contribution in [0, 0.1) is 10.1 Å². The number of nitrogens with one attached hydrogen (secondary N) is 1. The van der Waals surface area contributed by atoms with E-state index >= 15 is 0 Å². The summed E-state index contributed by atoms with van der Waals surface area (Å²) in [6, 6.07) is 15.1. The number of amides is 1. The molecule has 0 saturated carbocycles. The zero-order valence-electron chi connectivity index (χ0n) is 16.7. The molecule has 0 bridgehead atoms. The number of carbonyl (C=O) groups is 2. The van der Waals surface area contributed by atoms with Gasteiger partial charge in [-0.25, -0.2) is 4.79 Å². The third-order valence-electron chi connectivity index (χ3n) is 4.23. The molecule has 0 aliphatic carbocycles. The van der Waals surface area contributed by atoms with Crippen LogP contribution in [0.5, 0.6) is 5.75 Å². The van der Waals surface area contributed by atoms with E-state index in [1.165, 1.54) is 12.1 Å². The average Bonchev–Trinajstić information content (AvgIpc) is 3.18. The molecule has 1 amide bonds. The number of non-ortho nitro benzene ring substituents is 1. The van der Waals surface area contributed by atoms with E-state index in [0.29, 0.717) is 21.9 Å². The Hall–Kier alpha value is -3.72. The number of thiophene rings is 1. The van der Waals surface area contributed by atoms with Crippen LogP contribution >= 0.6 is 11.3 Å². The fourth-order valence-corrected chi connectivity index (χ4v) is 3.80. The number of nitrogens with zero attached hydrogens (tertiary/aromatic N) is 1. The third-order valence-corrected chi connectivity index (χ3v) is 5.13. The summed E-state index contributed by atoms with van der Waals surface area (Å²) in [4.78, 5) is 35.6. The highest BCUT2D eigenvalue weighted by Crippen LogP contribution is 2.37. The highest BCUT2D eigenvalue weighted by molar-refractivity contribution is 7.15. The minimum absolute atomic E-state index is 0.0845. The number of hydrogen-bond acceptors (Lipinski definition) is 7. The number of nitro benzene ring substituents is 1. The molecule has 1 heterocycles. The molecule has 0 atom stereocenters. The molecule has 2 aromatic carbocycles. The molecule has 1 aromatic heterocycles. The number of para-hydroxylation sites is 1. The summed E-state index contributed by atoms with van der Waals surface area (Å²) in [6.07, 6.45) is 0.0845. The van der Waals surface area contributed by atoms with Crippen LogP contribution in [0.4, 0.5) is 10.7 Å². The summed E-state index contributed by atoms with van der Waals surface area (Å²) < 4.78 is 10.7. The number of nitro groups is 1. The Morgan fingerprint density at radius 1 is 1.13 bits per heavy atom. The zero-order valence-corrected chi connectivity index (χ0v) is 17.5. The van der Waals surface area contributed by atoms with Gasteiger partial charge in [0.2, 0.25) is 5.91 Å². The largest absolute Gasteiger partial charge is 0.493 e. The van der Waals surface area contributed by atoms with Crippen molar-refractivity contribution in [3.8, 4) is 16.9 Å². The first-order chi connectivity index (χ1) is 15.0. The van der Waals surface area contributed by atoms with Crippen LogP contribution < -0.4 is 10.1 Å². The lowest BCUT2D eigenvalue weighted by atomic mass is 10.0. The second-order valence-electron chi connectivity index (χ2n) is 6.34. The molecule has 3 aromatic rings. The smallest absolute Gasteiger partial charge is 0.341 e. The Kier molecular flexibility index (Phi) is 7.34. The van der Waals surface area contributed by atoms with Gasteiger partial charge in [0.05, 0.1) is 24.6 Å². The minimum Gasteiger partial charge on any atom is -0.493 e. The van der Waals surface area contributed by atoms with Gasteiger partial charge in [0.1, 0.15) is 16.3 Å². The Labute approximate surface area is 182 Å². The first kappa shape index (κ1) is 22.0. The quantitative estimate of drug-likeness (QED) is 0.288. The van der Waals surface area contributed by atoms with Crippen LogP contribution in [0.1, 0.15) is 23.7 Å². The van der Waals surface area contributed by atoms with Gasteiger partial charge in [-0.05, 0) is 24.6 Å². The maximum absolute atomic E-state index is 12.6. The van der Waals surface area contributed by atoms with Crippen molar-refractivity contribution < 1.29 is 24.0 Å². The lowest BCUT2D eigenvalue weighted by Crippen LogP contribution is -2.17. The van der Waals surface area contributed by atoms with Crippen LogP contribution in [-0.2, 0) is 9.53 Å². The van der Waals surface area contributed by atoms with E-state index in [1.54, 1.807) is 36.6 Å². The highest BCUT2D eigenvalue weighted by atomic mass is 32.1. The van der Waals surface area contributed by atoms with Gasteiger partial charge in [-0.15, -0.1) is 11.3 Å². The molecule has 0 spiro atoms. The second-order valence-corrected chi connectivity index (χ2v) is 7.22. The molecule has 8 nitrogen and oxygen atoms in total. The number of esters is 1. The van der Waals surface area contributed by atoms with Crippen LogP contribution in [0.3, 0.4) is 0 Å². The molecular formula is C22H20N2O6S. The Morgan fingerprint density at radius 2 is 1.90 bits per heavy atom. The first-order valence-electron chi connectivity index (χ1n) is 9.50. The summed E-state index contributed by atoms with van der Waals surface area (Å²) in [7, 11) is 0. The summed E-state index contributed by atoms with van der Waals surface area (Å²) in [5.74, 6) is -0.276. The first-order valence-corrected chi connectivity index (χ1v) is 10.4. The summed E-state index contributed by atoms with van der Waals surface area (Å²) >= 11 is 1.15. The molecule has 0 unspecified atom stereocenters. The van der Waals surface area contributed by atoms with E-state index in [0.717, 1.165) is 11.3 Å². The monoisotopic (exact) mass is 440 g/mol. The summed E-state index contributed by atoms with van der Waals surface area (Å²) in [5, 5.41) is 15.8. The highest BCUT2D eigenvalue weighted by Gasteiger charge is 2.23. The molecule has 0 saturated heterocycles. The molecular weight excluding hydrogens is 420 g/mol. The van der Waals surface area contributed by atoms with Crippen LogP contribution in [0.25, 0.3) is 11.1 Å². The van der Waals surface area contributed by atoms with Gasteiger partial charge in [-0.2, -0.15) is 0 Å². The van der Waals surface area contributed by atoms with Gasteiger partial charge in [0.25, 0.3) is 5.69 Å². The van der Waals surface area contributed by atoms with Crippen molar-refractivity contribution in [2.24, 2.45) is 0 Å². The van der Waals surface area contributed by atoms with Crippen molar-refractivity contribution in [1.29, 1.82) is 0 Å². The molecule has 1 N–H and O–H groups in total. The third kappa shape index (κ3) is 5.67. The van der Waals surface area contributed by atoms with Gasteiger partial charge >= 0.3 is 5.97 Å². The van der Waals surface area contributed by atoms with E-state index in [-0.39, 0.29) is 36.8 Å². The number of carbonyl (C=O) groups excluding carboxylic acids is 2. The second kappa shape index (κ2) is 10.4. The fourth-order valence-electron chi connectivity index (χ4n) is 2.82. The van der Waals surface area contributed by atoms with Crippen LogP contribution in [0.15, 0.2) is 60.0 Å². The normalized spacial score (nSPS) is 10.4. The molecule has 0 aliphatic rings. The summed E-state index contributed by atoms with van der Waals surface area (Å²) in [5.41, 5.74) is 1.02. The zero-order chi connectivity index (χ0) is 22.2. The van der Waals surface area contributed by atoms with Gasteiger partial charge < -0.3 is 14.8 Å². The molecule has 160 valence electrons. The topological polar surface area (TPSA) is 108 Å². The maximum Gasteiger partial charge on any atom is 0.341 e. The Bertz CT molecular complexity index is 1080. The van der Waals surface area contributed by atoms with Gasteiger partial charge in [-0.3, -0.25) is 14.9 Å². The van der Waals surface area contributed by atoms with Crippen molar-refractivity contribution in [3.63, 3.8) is 0 Å². The molecule has 0 radical (unpaired) electrons. The minimum atomic E-state index is -0.610. The van der Waals surface area contributed by atoms with E-state index in [9.17, 15) is 19.7 Å². The van der Waals surface area contributed by atoms with Gasteiger partial charge in [0, 0.05) is 23.1 Å². The Morgan fingerprint density at radius 3 is 2.61 bits per heavy atom. The van der Waals surface area contributed by atoms with E-state index in [2.05, 4.69) is 5.32 Å². The lowest BCUT2D eigenvalue weighted by molar-refractivity contribution is -0.384. The maximum atomic E-state index is 12.6. The molecule has 0 fully saturated rings.